The number of anilines is 2. The number of para-hydroxylation sites is 1. The largest absolute Gasteiger partial charge is 0.326 e. The molecule has 3 rings (SSSR count). The van der Waals surface area contributed by atoms with E-state index in [4.69, 9.17) is 0 Å². The normalized spacial score (nSPS) is 11.0. The van der Waals surface area contributed by atoms with Crippen molar-refractivity contribution in [2.24, 2.45) is 0 Å². The summed E-state index contributed by atoms with van der Waals surface area (Å²) in [5.41, 5.74) is 0.654. The van der Waals surface area contributed by atoms with Crippen molar-refractivity contribution in [1.29, 1.82) is 0 Å². The molecule has 0 aliphatic rings. The molecule has 8 nitrogen and oxygen atoms in total. The molecule has 0 atom stereocenters. The van der Waals surface area contributed by atoms with Gasteiger partial charge in [-0.1, -0.05) is 18.2 Å². The number of halogens is 1. The van der Waals surface area contributed by atoms with Gasteiger partial charge in [-0.15, -0.1) is 0 Å². The summed E-state index contributed by atoms with van der Waals surface area (Å²) in [5.74, 6) is -0.969. The van der Waals surface area contributed by atoms with Crippen LogP contribution in [0.4, 0.5) is 21.5 Å². The second-order valence-electron chi connectivity index (χ2n) is 6.25. The Bertz CT molecular complexity index is 1180. The van der Waals surface area contributed by atoms with Crippen molar-refractivity contribution >= 4 is 33.0 Å². The monoisotopic (exact) mass is 429 g/mol. The van der Waals surface area contributed by atoms with Gasteiger partial charge in [-0.05, 0) is 48.5 Å². The molecule has 0 spiro atoms. The Labute approximate surface area is 171 Å². The van der Waals surface area contributed by atoms with Crippen molar-refractivity contribution in [2.45, 2.75) is 11.3 Å². The number of nitrogens with zero attached hydrogens (tertiary/aromatic N) is 1. The van der Waals surface area contributed by atoms with Gasteiger partial charge in [0.1, 0.15) is 5.82 Å². The van der Waals surface area contributed by atoms with Crippen LogP contribution in [0.3, 0.4) is 0 Å². The number of carbonyl (C=O) groups excluding carboxylic acids is 1. The molecule has 30 heavy (non-hydrogen) atoms. The van der Waals surface area contributed by atoms with Crippen LogP contribution < -0.4 is 10.0 Å². The highest BCUT2D eigenvalue weighted by Crippen LogP contribution is 2.21. The Morgan fingerprint density at radius 3 is 2.17 bits per heavy atom. The molecule has 0 heterocycles. The molecule has 0 aromatic heterocycles. The third-order valence-electron chi connectivity index (χ3n) is 4.08. The maximum Gasteiger partial charge on any atom is 0.273 e. The van der Waals surface area contributed by atoms with Crippen LogP contribution in [-0.4, -0.2) is 19.2 Å². The molecule has 3 aromatic rings. The zero-order valence-corrected chi connectivity index (χ0v) is 16.2. The molecule has 0 radical (unpaired) electrons. The van der Waals surface area contributed by atoms with E-state index in [1.54, 1.807) is 6.07 Å². The fraction of sp³-hybridized carbons (Fsp3) is 0.0500. The molecule has 3 aromatic carbocycles. The fourth-order valence-corrected chi connectivity index (χ4v) is 3.72. The van der Waals surface area contributed by atoms with Crippen LogP contribution in [-0.2, 0) is 21.2 Å². The Hall–Kier alpha value is -3.79. The summed E-state index contributed by atoms with van der Waals surface area (Å²) in [7, 11) is -3.90. The van der Waals surface area contributed by atoms with E-state index in [1.807, 2.05) is 0 Å². The van der Waals surface area contributed by atoms with Crippen molar-refractivity contribution in [2.75, 3.05) is 10.0 Å². The summed E-state index contributed by atoms with van der Waals surface area (Å²) >= 11 is 0. The maximum atomic E-state index is 12.9. The minimum absolute atomic E-state index is 0.0523. The lowest BCUT2D eigenvalue weighted by Gasteiger charge is -2.10. The van der Waals surface area contributed by atoms with Crippen molar-refractivity contribution in [3.8, 4) is 0 Å². The number of sulfonamides is 1. The maximum absolute atomic E-state index is 12.9. The van der Waals surface area contributed by atoms with E-state index in [0.717, 1.165) is 12.1 Å². The molecule has 1 amide bonds. The first-order valence-corrected chi connectivity index (χ1v) is 10.1. The average Bonchev–Trinajstić information content (AvgIpc) is 2.70. The van der Waals surface area contributed by atoms with Crippen molar-refractivity contribution in [3.05, 3.63) is 94.3 Å². The minimum atomic E-state index is -3.90. The lowest BCUT2D eigenvalue weighted by Crippen LogP contribution is -2.16. The smallest absolute Gasteiger partial charge is 0.273 e. The summed E-state index contributed by atoms with van der Waals surface area (Å²) in [6.07, 6.45) is -0.205. The second kappa shape index (κ2) is 8.70. The van der Waals surface area contributed by atoms with E-state index in [0.29, 0.717) is 5.69 Å². The molecule has 0 fully saturated rings. The summed E-state index contributed by atoms with van der Waals surface area (Å²) in [6.45, 7) is 0. The van der Waals surface area contributed by atoms with E-state index >= 15 is 0 Å². The standard InChI is InChI=1S/C20H16FN3O5S/c21-15-5-7-17(8-6-15)23-30(28,29)18-11-9-16(10-12-18)22-20(25)13-14-3-1-2-4-19(14)24(26)27/h1-12,23H,13H2,(H,22,25). The van der Waals surface area contributed by atoms with Gasteiger partial charge in [0.25, 0.3) is 15.7 Å². The van der Waals surface area contributed by atoms with Gasteiger partial charge in [-0.3, -0.25) is 19.6 Å². The van der Waals surface area contributed by atoms with E-state index in [-0.39, 0.29) is 28.3 Å². The van der Waals surface area contributed by atoms with Gasteiger partial charge in [0.2, 0.25) is 5.91 Å². The highest BCUT2D eigenvalue weighted by molar-refractivity contribution is 7.92. The molecule has 0 bridgehead atoms. The number of nitrogens with one attached hydrogen (secondary N) is 2. The Morgan fingerprint density at radius 2 is 1.53 bits per heavy atom. The number of nitro benzene ring substituents is 1. The first-order valence-electron chi connectivity index (χ1n) is 8.65. The van der Waals surface area contributed by atoms with Crippen molar-refractivity contribution in [1.82, 2.24) is 0 Å². The number of nitro groups is 1. The Balaban J connectivity index is 1.67. The predicted molar refractivity (Wildman–Crippen MR) is 109 cm³/mol. The van der Waals surface area contributed by atoms with Gasteiger partial charge >= 0.3 is 0 Å². The molecule has 10 heteroatoms. The molecular weight excluding hydrogens is 413 g/mol. The fourth-order valence-electron chi connectivity index (χ4n) is 2.67. The highest BCUT2D eigenvalue weighted by Gasteiger charge is 2.17. The molecule has 0 aliphatic heterocycles. The third kappa shape index (κ3) is 5.17. The Morgan fingerprint density at radius 1 is 0.933 bits per heavy atom. The van der Waals surface area contributed by atoms with E-state index in [2.05, 4.69) is 10.0 Å². The van der Waals surface area contributed by atoms with Crippen LogP contribution in [0.1, 0.15) is 5.56 Å². The molecule has 154 valence electrons. The van der Waals surface area contributed by atoms with Gasteiger partial charge in [0, 0.05) is 23.0 Å². The molecule has 0 aliphatic carbocycles. The zero-order chi connectivity index (χ0) is 21.7. The zero-order valence-electron chi connectivity index (χ0n) is 15.4. The first kappa shape index (κ1) is 20.9. The van der Waals surface area contributed by atoms with Crippen LogP contribution in [0.25, 0.3) is 0 Å². The first-order chi connectivity index (χ1) is 14.2. The third-order valence-corrected chi connectivity index (χ3v) is 5.48. The second-order valence-corrected chi connectivity index (χ2v) is 7.93. The summed E-state index contributed by atoms with van der Waals surface area (Å²) < 4.78 is 40.1. The average molecular weight is 429 g/mol. The van der Waals surface area contributed by atoms with Crippen LogP contribution in [0.15, 0.2) is 77.7 Å². The van der Waals surface area contributed by atoms with Crippen molar-refractivity contribution < 1.29 is 22.5 Å². The summed E-state index contributed by atoms with van der Waals surface area (Å²) in [4.78, 5) is 22.6. The molecule has 0 saturated carbocycles. The quantitative estimate of drug-likeness (QED) is 0.438. The van der Waals surface area contributed by atoms with Gasteiger partial charge < -0.3 is 5.32 Å². The van der Waals surface area contributed by atoms with Gasteiger partial charge in [-0.25, -0.2) is 12.8 Å². The van der Waals surface area contributed by atoms with Crippen LogP contribution in [0.5, 0.6) is 0 Å². The van der Waals surface area contributed by atoms with Crippen LogP contribution in [0, 0.1) is 15.9 Å². The summed E-state index contributed by atoms with van der Waals surface area (Å²) in [5, 5.41) is 13.6. The number of amides is 1. The molecule has 2 N–H and O–H groups in total. The number of hydrogen-bond acceptors (Lipinski definition) is 5. The number of benzene rings is 3. The van der Waals surface area contributed by atoms with E-state index in [9.17, 15) is 27.7 Å². The lowest BCUT2D eigenvalue weighted by molar-refractivity contribution is -0.385. The minimum Gasteiger partial charge on any atom is -0.326 e. The SMILES string of the molecule is O=C(Cc1ccccc1[N+](=O)[O-])Nc1ccc(S(=O)(=O)Nc2ccc(F)cc2)cc1. The molecular formula is C20H16FN3O5S. The van der Waals surface area contributed by atoms with Crippen LogP contribution >= 0.6 is 0 Å². The summed E-state index contributed by atoms with van der Waals surface area (Å²) in [6, 6.07) is 16.2. The Kier molecular flexibility index (Phi) is 6.07. The molecule has 0 saturated heterocycles. The number of carbonyl (C=O) groups is 1. The van der Waals surface area contributed by atoms with Gasteiger partial charge in [0.05, 0.1) is 16.2 Å². The van der Waals surface area contributed by atoms with E-state index < -0.39 is 26.7 Å². The van der Waals surface area contributed by atoms with E-state index in [1.165, 1.54) is 54.6 Å². The van der Waals surface area contributed by atoms with Crippen molar-refractivity contribution in [3.63, 3.8) is 0 Å². The lowest BCUT2D eigenvalue weighted by atomic mass is 10.1. The topological polar surface area (TPSA) is 118 Å². The van der Waals surface area contributed by atoms with Gasteiger partial charge in [0.15, 0.2) is 0 Å². The highest BCUT2D eigenvalue weighted by atomic mass is 32.2. The molecule has 0 unspecified atom stereocenters. The number of hydrogen-bond donors (Lipinski definition) is 2. The van der Waals surface area contributed by atoms with Crippen LogP contribution in [0.2, 0.25) is 0 Å². The number of rotatable bonds is 7. The predicted octanol–water partition coefficient (Wildman–Crippen LogP) is 3.72. The van der Waals surface area contributed by atoms with Gasteiger partial charge in [-0.2, -0.15) is 0 Å².